The Morgan fingerprint density at radius 1 is 0.968 bits per heavy atom. The van der Waals surface area contributed by atoms with Crippen molar-refractivity contribution in [2.45, 2.75) is 0 Å². The van der Waals surface area contributed by atoms with E-state index in [0.29, 0.717) is 58.4 Å². The standard InChI is InChI=1S/C21H23N7O2S/c29-21(28-9-11-30-12-10-28)27-7-5-26(6-8-27)20-24-14-16(17-15-22-3-4-23-17)19(25-20)18-2-1-13-31-18/h1-4,13-15H,5-12H2. The SMILES string of the molecule is O=C(N1CCOCC1)N1CCN(c2ncc(-c3cnccn3)c(-c3cccs3)n2)CC1. The third-order valence-electron chi connectivity index (χ3n) is 5.48. The number of rotatable bonds is 3. The number of amides is 2. The monoisotopic (exact) mass is 437 g/mol. The van der Waals surface area contributed by atoms with Crippen LogP contribution in [0.1, 0.15) is 0 Å². The van der Waals surface area contributed by atoms with Gasteiger partial charge in [-0.05, 0) is 11.4 Å². The zero-order chi connectivity index (χ0) is 21.0. The average Bonchev–Trinajstić information content (AvgIpc) is 3.39. The van der Waals surface area contributed by atoms with E-state index in [9.17, 15) is 4.79 Å². The van der Waals surface area contributed by atoms with Gasteiger partial charge in [0, 0.05) is 63.4 Å². The first kappa shape index (κ1) is 19.8. The van der Waals surface area contributed by atoms with Crippen molar-refractivity contribution in [1.82, 2.24) is 29.7 Å². The second-order valence-corrected chi connectivity index (χ2v) is 8.30. The van der Waals surface area contributed by atoms with E-state index in [1.807, 2.05) is 27.4 Å². The smallest absolute Gasteiger partial charge is 0.320 e. The first-order chi connectivity index (χ1) is 15.3. The third kappa shape index (κ3) is 4.21. The molecule has 160 valence electrons. The lowest BCUT2D eigenvalue weighted by Gasteiger charge is -2.38. The van der Waals surface area contributed by atoms with Crippen molar-refractivity contribution in [2.75, 3.05) is 57.4 Å². The van der Waals surface area contributed by atoms with Gasteiger partial charge in [-0.1, -0.05) is 6.07 Å². The fourth-order valence-electron chi connectivity index (χ4n) is 3.80. The molecule has 0 N–H and O–H groups in total. The molecule has 0 saturated carbocycles. The van der Waals surface area contributed by atoms with Gasteiger partial charge < -0.3 is 19.4 Å². The minimum Gasteiger partial charge on any atom is -0.378 e. The van der Waals surface area contributed by atoms with Crippen molar-refractivity contribution in [3.8, 4) is 21.8 Å². The number of ether oxygens (including phenoxy) is 1. The van der Waals surface area contributed by atoms with Crippen LogP contribution in [0.2, 0.25) is 0 Å². The highest BCUT2D eigenvalue weighted by atomic mass is 32.1. The molecule has 2 amide bonds. The zero-order valence-electron chi connectivity index (χ0n) is 17.1. The molecule has 2 fully saturated rings. The van der Waals surface area contributed by atoms with E-state index in [2.05, 4.69) is 25.9 Å². The fourth-order valence-corrected chi connectivity index (χ4v) is 4.53. The van der Waals surface area contributed by atoms with Gasteiger partial charge in [0.1, 0.15) is 0 Å². The molecule has 0 radical (unpaired) electrons. The van der Waals surface area contributed by atoms with Crippen molar-refractivity contribution >= 4 is 23.3 Å². The van der Waals surface area contributed by atoms with Crippen LogP contribution in [0.25, 0.3) is 21.8 Å². The number of piperazine rings is 1. The number of anilines is 1. The predicted octanol–water partition coefficient (Wildman–Crippen LogP) is 2.24. The number of carbonyl (C=O) groups excluding carboxylic acids is 1. The number of carbonyl (C=O) groups is 1. The molecule has 0 spiro atoms. The Morgan fingerprint density at radius 3 is 2.48 bits per heavy atom. The first-order valence-corrected chi connectivity index (χ1v) is 11.2. The minimum absolute atomic E-state index is 0.0983. The van der Waals surface area contributed by atoms with Crippen LogP contribution in [0.3, 0.4) is 0 Å². The second-order valence-electron chi connectivity index (χ2n) is 7.36. The number of hydrogen-bond acceptors (Lipinski definition) is 8. The molecule has 2 aliphatic rings. The number of nitrogens with zero attached hydrogens (tertiary/aromatic N) is 7. The summed E-state index contributed by atoms with van der Waals surface area (Å²) in [6.07, 6.45) is 6.88. The molecule has 2 aliphatic heterocycles. The number of hydrogen-bond donors (Lipinski definition) is 0. The number of urea groups is 1. The van der Waals surface area contributed by atoms with Crippen LogP contribution < -0.4 is 4.90 Å². The molecule has 3 aromatic rings. The van der Waals surface area contributed by atoms with E-state index >= 15 is 0 Å². The number of thiophene rings is 1. The molecular weight excluding hydrogens is 414 g/mol. The predicted molar refractivity (Wildman–Crippen MR) is 118 cm³/mol. The summed E-state index contributed by atoms with van der Waals surface area (Å²) in [6, 6.07) is 4.16. The molecule has 0 aliphatic carbocycles. The molecule has 10 heteroatoms. The minimum atomic E-state index is 0.0983. The molecule has 31 heavy (non-hydrogen) atoms. The Hall–Kier alpha value is -3.11. The van der Waals surface area contributed by atoms with Gasteiger partial charge in [0.15, 0.2) is 0 Å². The molecule has 2 saturated heterocycles. The lowest BCUT2D eigenvalue weighted by Crippen LogP contribution is -2.55. The van der Waals surface area contributed by atoms with Gasteiger partial charge in [-0.25, -0.2) is 14.8 Å². The Balaban J connectivity index is 1.34. The molecule has 3 aromatic heterocycles. The van der Waals surface area contributed by atoms with Gasteiger partial charge in [0.2, 0.25) is 5.95 Å². The highest BCUT2D eigenvalue weighted by molar-refractivity contribution is 7.13. The highest BCUT2D eigenvalue weighted by Gasteiger charge is 2.27. The molecule has 0 bridgehead atoms. The molecule has 5 heterocycles. The van der Waals surface area contributed by atoms with Gasteiger partial charge in [-0.3, -0.25) is 9.97 Å². The lowest BCUT2D eigenvalue weighted by atomic mass is 10.1. The average molecular weight is 438 g/mol. The Labute approximate surface area is 184 Å². The molecule has 0 aromatic carbocycles. The third-order valence-corrected chi connectivity index (χ3v) is 6.36. The van der Waals surface area contributed by atoms with Crippen LogP contribution in [-0.4, -0.2) is 88.2 Å². The van der Waals surface area contributed by atoms with E-state index in [0.717, 1.165) is 21.8 Å². The summed E-state index contributed by atoms with van der Waals surface area (Å²) < 4.78 is 5.35. The summed E-state index contributed by atoms with van der Waals surface area (Å²) in [5.41, 5.74) is 2.46. The van der Waals surface area contributed by atoms with Crippen LogP contribution in [0.15, 0.2) is 42.3 Å². The summed E-state index contributed by atoms with van der Waals surface area (Å²) >= 11 is 1.63. The second kappa shape index (κ2) is 8.94. The topological polar surface area (TPSA) is 87.6 Å². The van der Waals surface area contributed by atoms with Crippen LogP contribution in [0, 0.1) is 0 Å². The molecule has 9 nitrogen and oxygen atoms in total. The zero-order valence-corrected chi connectivity index (χ0v) is 17.9. The van der Waals surface area contributed by atoms with Crippen LogP contribution in [-0.2, 0) is 4.74 Å². The number of morpholine rings is 1. The van der Waals surface area contributed by atoms with Crippen molar-refractivity contribution < 1.29 is 9.53 Å². The molecular formula is C21H23N7O2S. The maximum atomic E-state index is 12.7. The summed E-state index contributed by atoms with van der Waals surface area (Å²) in [6.45, 7) is 5.26. The lowest BCUT2D eigenvalue weighted by molar-refractivity contribution is 0.0428. The first-order valence-electron chi connectivity index (χ1n) is 10.3. The quantitative estimate of drug-likeness (QED) is 0.621. The highest BCUT2D eigenvalue weighted by Crippen LogP contribution is 2.32. The van der Waals surface area contributed by atoms with Crippen LogP contribution in [0.4, 0.5) is 10.7 Å². The van der Waals surface area contributed by atoms with Crippen molar-refractivity contribution in [2.24, 2.45) is 0 Å². The van der Waals surface area contributed by atoms with Crippen LogP contribution in [0.5, 0.6) is 0 Å². The largest absolute Gasteiger partial charge is 0.378 e. The van der Waals surface area contributed by atoms with Crippen molar-refractivity contribution in [3.05, 3.63) is 42.3 Å². The fraction of sp³-hybridized carbons (Fsp3) is 0.381. The van der Waals surface area contributed by atoms with E-state index in [1.54, 1.807) is 29.9 Å². The van der Waals surface area contributed by atoms with E-state index in [4.69, 9.17) is 9.72 Å². The van der Waals surface area contributed by atoms with Gasteiger partial charge in [-0.2, -0.15) is 0 Å². The van der Waals surface area contributed by atoms with E-state index < -0.39 is 0 Å². The summed E-state index contributed by atoms with van der Waals surface area (Å²) in [4.78, 5) is 37.9. The summed E-state index contributed by atoms with van der Waals surface area (Å²) in [5, 5.41) is 2.04. The summed E-state index contributed by atoms with van der Waals surface area (Å²) in [5.74, 6) is 0.675. The van der Waals surface area contributed by atoms with Crippen LogP contribution >= 0.6 is 11.3 Å². The van der Waals surface area contributed by atoms with E-state index in [1.165, 1.54) is 0 Å². The number of aromatic nitrogens is 4. The van der Waals surface area contributed by atoms with Gasteiger partial charge >= 0.3 is 6.03 Å². The van der Waals surface area contributed by atoms with Gasteiger partial charge in [-0.15, -0.1) is 11.3 Å². The normalized spacial score (nSPS) is 17.1. The maximum absolute atomic E-state index is 12.7. The Bertz CT molecular complexity index is 1020. The van der Waals surface area contributed by atoms with Crippen molar-refractivity contribution in [1.29, 1.82) is 0 Å². The van der Waals surface area contributed by atoms with Gasteiger partial charge in [0.05, 0.1) is 35.7 Å². The molecule has 5 rings (SSSR count). The molecule has 0 atom stereocenters. The van der Waals surface area contributed by atoms with E-state index in [-0.39, 0.29) is 6.03 Å². The van der Waals surface area contributed by atoms with Gasteiger partial charge in [0.25, 0.3) is 0 Å². The molecule has 0 unspecified atom stereocenters. The summed E-state index contributed by atoms with van der Waals surface area (Å²) in [7, 11) is 0. The Morgan fingerprint density at radius 2 is 1.77 bits per heavy atom. The Kier molecular flexibility index (Phi) is 5.72. The van der Waals surface area contributed by atoms with Crippen molar-refractivity contribution in [3.63, 3.8) is 0 Å². The maximum Gasteiger partial charge on any atom is 0.320 e.